The normalized spacial score (nSPS) is 11.9. The molecule has 2 rings (SSSR count). The van der Waals surface area contributed by atoms with E-state index < -0.39 is 0 Å². The van der Waals surface area contributed by atoms with Crippen molar-refractivity contribution in [1.82, 2.24) is 5.32 Å². The molecule has 0 aliphatic heterocycles. The lowest BCUT2D eigenvalue weighted by molar-refractivity contribution is -0.121. The van der Waals surface area contributed by atoms with E-state index in [-0.39, 0.29) is 24.2 Å². The van der Waals surface area contributed by atoms with Crippen molar-refractivity contribution in [3.63, 3.8) is 0 Å². The van der Waals surface area contributed by atoms with Crippen LogP contribution in [0.3, 0.4) is 0 Å². The van der Waals surface area contributed by atoms with Gasteiger partial charge in [0.05, 0.1) is 12.5 Å². The van der Waals surface area contributed by atoms with E-state index >= 15 is 0 Å². The third kappa shape index (κ3) is 4.39. The molecule has 0 aliphatic carbocycles. The summed E-state index contributed by atoms with van der Waals surface area (Å²) in [7, 11) is 1.60. The maximum Gasteiger partial charge on any atom is 0.224 e. The zero-order valence-corrected chi connectivity index (χ0v) is 11.9. The van der Waals surface area contributed by atoms with Gasteiger partial charge in [0.15, 0.2) is 0 Å². The van der Waals surface area contributed by atoms with Crippen LogP contribution in [0.1, 0.15) is 17.2 Å². The molecule has 0 aromatic heterocycles. The molecule has 110 valence electrons. The maximum absolute atomic E-state index is 13.5. The topological polar surface area (TPSA) is 38.3 Å². The van der Waals surface area contributed by atoms with Crippen molar-refractivity contribution in [3.05, 3.63) is 71.5 Å². The highest BCUT2D eigenvalue weighted by molar-refractivity contribution is 5.78. The monoisotopic (exact) mass is 287 g/mol. The lowest BCUT2D eigenvalue weighted by Gasteiger charge is -2.16. The van der Waals surface area contributed by atoms with Gasteiger partial charge in [0.25, 0.3) is 0 Å². The molecule has 1 amide bonds. The van der Waals surface area contributed by atoms with Crippen molar-refractivity contribution in [1.29, 1.82) is 0 Å². The fourth-order valence-electron chi connectivity index (χ4n) is 2.09. The van der Waals surface area contributed by atoms with Gasteiger partial charge in [0.1, 0.15) is 5.82 Å². The van der Waals surface area contributed by atoms with Gasteiger partial charge in [-0.3, -0.25) is 4.79 Å². The van der Waals surface area contributed by atoms with Crippen LogP contribution in [0.4, 0.5) is 4.39 Å². The van der Waals surface area contributed by atoms with Crippen LogP contribution < -0.4 is 5.32 Å². The Bertz CT molecular complexity index is 586. The van der Waals surface area contributed by atoms with E-state index in [2.05, 4.69) is 5.32 Å². The van der Waals surface area contributed by atoms with Crippen LogP contribution in [0, 0.1) is 5.82 Å². The summed E-state index contributed by atoms with van der Waals surface area (Å²) >= 11 is 0. The molecule has 1 atom stereocenters. The average molecular weight is 287 g/mol. The minimum atomic E-state index is -0.362. The molecule has 0 saturated carbocycles. The van der Waals surface area contributed by atoms with Gasteiger partial charge in [0, 0.05) is 13.7 Å². The van der Waals surface area contributed by atoms with Gasteiger partial charge < -0.3 is 10.1 Å². The summed E-state index contributed by atoms with van der Waals surface area (Å²) in [6, 6.07) is 15.9. The lowest BCUT2D eigenvalue weighted by atomic mass is 10.1. The fourth-order valence-corrected chi connectivity index (χ4v) is 2.09. The van der Waals surface area contributed by atoms with Gasteiger partial charge in [-0.15, -0.1) is 0 Å². The molecule has 2 aromatic carbocycles. The first kappa shape index (κ1) is 15.2. The first-order valence-corrected chi connectivity index (χ1v) is 6.78. The van der Waals surface area contributed by atoms with Gasteiger partial charge in [-0.25, -0.2) is 4.39 Å². The Labute approximate surface area is 123 Å². The second kappa shape index (κ2) is 7.55. The second-order valence-electron chi connectivity index (χ2n) is 4.71. The molecule has 4 heteroatoms. The molecule has 0 heterocycles. The molecule has 21 heavy (non-hydrogen) atoms. The summed E-state index contributed by atoms with van der Waals surface area (Å²) in [6.45, 7) is 0.355. The first-order valence-electron chi connectivity index (χ1n) is 6.78. The highest BCUT2D eigenvalue weighted by Gasteiger charge is 2.13. The number of carbonyl (C=O) groups excluding carboxylic acids is 1. The highest BCUT2D eigenvalue weighted by Crippen LogP contribution is 2.15. The Morgan fingerprint density at radius 2 is 1.81 bits per heavy atom. The van der Waals surface area contributed by atoms with E-state index in [1.165, 1.54) is 6.07 Å². The van der Waals surface area contributed by atoms with Crippen molar-refractivity contribution in [3.8, 4) is 0 Å². The van der Waals surface area contributed by atoms with Crippen molar-refractivity contribution >= 4 is 5.91 Å². The summed E-state index contributed by atoms with van der Waals surface area (Å²) in [5, 5.41) is 2.78. The quantitative estimate of drug-likeness (QED) is 0.887. The molecular formula is C17H18FNO2. The Balaban J connectivity index is 1.90. The number of amides is 1. The summed E-state index contributed by atoms with van der Waals surface area (Å²) in [4.78, 5) is 11.9. The van der Waals surface area contributed by atoms with Gasteiger partial charge in [-0.05, 0) is 17.2 Å². The average Bonchev–Trinajstić information content (AvgIpc) is 2.51. The van der Waals surface area contributed by atoms with Crippen LogP contribution in [-0.4, -0.2) is 19.6 Å². The standard InChI is InChI=1S/C17H18FNO2/c1-21-16(13-7-3-2-4-8-13)12-19-17(20)11-14-9-5-6-10-15(14)18/h2-10,16H,11-12H2,1H3,(H,19,20). The maximum atomic E-state index is 13.5. The number of methoxy groups -OCH3 is 1. The van der Waals surface area contributed by atoms with Gasteiger partial charge in [-0.1, -0.05) is 48.5 Å². The minimum Gasteiger partial charge on any atom is -0.375 e. The lowest BCUT2D eigenvalue weighted by Crippen LogP contribution is -2.30. The molecule has 0 saturated heterocycles. The summed E-state index contributed by atoms with van der Waals surface area (Å²) < 4.78 is 18.8. The number of carbonyl (C=O) groups is 1. The third-order valence-electron chi connectivity index (χ3n) is 3.25. The largest absolute Gasteiger partial charge is 0.375 e. The number of halogens is 1. The molecular weight excluding hydrogens is 269 g/mol. The number of benzene rings is 2. The molecule has 0 aliphatic rings. The van der Waals surface area contributed by atoms with E-state index in [0.29, 0.717) is 12.1 Å². The van der Waals surface area contributed by atoms with Crippen molar-refractivity contribution in [2.75, 3.05) is 13.7 Å². The molecule has 0 radical (unpaired) electrons. The smallest absolute Gasteiger partial charge is 0.224 e. The molecule has 2 aromatic rings. The predicted octanol–water partition coefficient (Wildman–Crippen LogP) is 2.87. The van der Waals surface area contributed by atoms with Gasteiger partial charge >= 0.3 is 0 Å². The van der Waals surface area contributed by atoms with Crippen LogP contribution in [0.2, 0.25) is 0 Å². The van der Waals surface area contributed by atoms with Crippen LogP contribution >= 0.6 is 0 Å². The molecule has 0 fully saturated rings. The zero-order chi connectivity index (χ0) is 15.1. The Kier molecular flexibility index (Phi) is 5.46. The Hall–Kier alpha value is -2.20. The van der Waals surface area contributed by atoms with Crippen LogP contribution in [0.25, 0.3) is 0 Å². The van der Waals surface area contributed by atoms with Crippen LogP contribution in [0.5, 0.6) is 0 Å². The number of hydrogen-bond donors (Lipinski definition) is 1. The van der Waals surface area contributed by atoms with Gasteiger partial charge in [0.2, 0.25) is 5.91 Å². The van der Waals surface area contributed by atoms with E-state index in [4.69, 9.17) is 4.74 Å². The molecule has 1 N–H and O–H groups in total. The van der Waals surface area contributed by atoms with Gasteiger partial charge in [-0.2, -0.15) is 0 Å². The predicted molar refractivity (Wildman–Crippen MR) is 79.3 cm³/mol. The molecule has 0 bridgehead atoms. The Morgan fingerprint density at radius 3 is 2.48 bits per heavy atom. The van der Waals surface area contributed by atoms with E-state index in [1.807, 2.05) is 30.3 Å². The number of nitrogens with one attached hydrogen (secondary N) is 1. The van der Waals surface area contributed by atoms with Crippen molar-refractivity contribution < 1.29 is 13.9 Å². The molecule has 3 nitrogen and oxygen atoms in total. The summed E-state index contributed by atoms with van der Waals surface area (Å²) in [5.74, 6) is -0.586. The Morgan fingerprint density at radius 1 is 1.14 bits per heavy atom. The minimum absolute atomic E-state index is 0.0257. The number of ether oxygens (including phenoxy) is 1. The number of hydrogen-bond acceptors (Lipinski definition) is 2. The van der Waals surface area contributed by atoms with Crippen LogP contribution in [0.15, 0.2) is 54.6 Å². The van der Waals surface area contributed by atoms with E-state index in [1.54, 1.807) is 25.3 Å². The van der Waals surface area contributed by atoms with Crippen molar-refractivity contribution in [2.24, 2.45) is 0 Å². The number of rotatable bonds is 6. The zero-order valence-electron chi connectivity index (χ0n) is 11.9. The van der Waals surface area contributed by atoms with E-state index in [0.717, 1.165) is 5.56 Å². The SMILES string of the molecule is COC(CNC(=O)Cc1ccccc1F)c1ccccc1. The summed E-state index contributed by atoms with van der Waals surface area (Å²) in [6.07, 6.45) is -0.187. The van der Waals surface area contributed by atoms with Crippen molar-refractivity contribution in [2.45, 2.75) is 12.5 Å². The molecule has 0 spiro atoms. The highest BCUT2D eigenvalue weighted by atomic mass is 19.1. The van der Waals surface area contributed by atoms with E-state index in [9.17, 15) is 9.18 Å². The second-order valence-corrected chi connectivity index (χ2v) is 4.71. The third-order valence-corrected chi connectivity index (χ3v) is 3.25. The summed E-state index contributed by atoms with van der Waals surface area (Å²) in [5.41, 5.74) is 1.38. The van der Waals surface area contributed by atoms with Crippen LogP contribution in [-0.2, 0) is 16.0 Å². The molecule has 1 unspecified atom stereocenters. The first-order chi connectivity index (χ1) is 10.2. The fraction of sp³-hybridized carbons (Fsp3) is 0.235.